The summed E-state index contributed by atoms with van der Waals surface area (Å²) in [5, 5.41) is 0. The molecule has 2 fully saturated rings. The Morgan fingerprint density at radius 2 is 1.95 bits per heavy atom. The molecule has 3 rings (SSSR count). The van der Waals surface area contributed by atoms with E-state index in [0.29, 0.717) is 19.8 Å². The fourth-order valence-electron chi connectivity index (χ4n) is 3.30. The molecule has 2 saturated heterocycles. The molecule has 1 unspecified atom stereocenters. The molecule has 110 valence electrons. The largest absolute Gasteiger partial charge is 0.346 e. The number of nitrogens with zero attached hydrogens (tertiary/aromatic N) is 1. The standard InChI is InChI=1S/C16H24N2O2/c1-13-3-5-14(6-4-13)15(11-17)18-8-2-7-16(12-18)19-9-10-20-16/h3-6,15H,2,7-12,17H2,1H3. The van der Waals surface area contributed by atoms with E-state index in [1.807, 2.05) is 0 Å². The first-order chi connectivity index (χ1) is 9.72. The fourth-order valence-corrected chi connectivity index (χ4v) is 3.30. The van der Waals surface area contributed by atoms with Crippen LogP contribution in [0.1, 0.15) is 30.0 Å². The second kappa shape index (κ2) is 5.82. The first-order valence-corrected chi connectivity index (χ1v) is 7.51. The fraction of sp³-hybridized carbons (Fsp3) is 0.625. The number of aryl methyl sites for hydroxylation is 1. The predicted octanol–water partition coefficient (Wildman–Crippen LogP) is 1.83. The Morgan fingerprint density at radius 3 is 2.60 bits per heavy atom. The quantitative estimate of drug-likeness (QED) is 0.915. The van der Waals surface area contributed by atoms with Crippen molar-refractivity contribution < 1.29 is 9.47 Å². The molecule has 20 heavy (non-hydrogen) atoms. The molecule has 1 aromatic carbocycles. The predicted molar refractivity (Wildman–Crippen MR) is 78.4 cm³/mol. The van der Waals surface area contributed by atoms with Crippen molar-refractivity contribution in [3.63, 3.8) is 0 Å². The summed E-state index contributed by atoms with van der Waals surface area (Å²) < 4.78 is 11.7. The molecular formula is C16H24N2O2. The summed E-state index contributed by atoms with van der Waals surface area (Å²) in [6.45, 7) is 6.04. The summed E-state index contributed by atoms with van der Waals surface area (Å²) in [4.78, 5) is 2.42. The highest BCUT2D eigenvalue weighted by Crippen LogP contribution is 2.34. The van der Waals surface area contributed by atoms with E-state index in [4.69, 9.17) is 15.2 Å². The number of benzene rings is 1. The lowest BCUT2D eigenvalue weighted by molar-refractivity contribution is -0.193. The van der Waals surface area contributed by atoms with Gasteiger partial charge in [-0.05, 0) is 25.5 Å². The van der Waals surface area contributed by atoms with Crippen LogP contribution >= 0.6 is 0 Å². The monoisotopic (exact) mass is 276 g/mol. The van der Waals surface area contributed by atoms with Crippen LogP contribution in [0.15, 0.2) is 24.3 Å². The third-order valence-electron chi connectivity index (χ3n) is 4.39. The van der Waals surface area contributed by atoms with Crippen LogP contribution in [0.4, 0.5) is 0 Å². The highest BCUT2D eigenvalue weighted by molar-refractivity contribution is 5.24. The van der Waals surface area contributed by atoms with Crippen LogP contribution in [0.2, 0.25) is 0 Å². The summed E-state index contributed by atoms with van der Waals surface area (Å²) in [6.07, 6.45) is 2.09. The van der Waals surface area contributed by atoms with Crippen molar-refractivity contribution >= 4 is 0 Å². The highest BCUT2D eigenvalue weighted by Gasteiger charge is 2.42. The molecule has 2 N–H and O–H groups in total. The Labute approximate surface area is 120 Å². The second-order valence-electron chi connectivity index (χ2n) is 5.84. The molecule has 2 aliphatic heterocycles. The van der Waals surface area contributed by atoms with Gasteiger partial charge in [0.15, 0.2) is 5.79 Å². The smallest absolute Gasteiger partial charge is 0.181 e. The van der Waals surface area contributed by atoms with Gasteiger partial charge in [-0.2, -0.15) is 0 Å². The summed E-state index contributed by atoms with van der Waals surface area (Å²) in [5.74, 6) is -0.379. The van der Waals surface area contributed by atoms with Gasteiger partial charge < -0.3 is 15.2 Å². The average molecular weight is 276 g/mol. The number of hydrogen-bond donors (Lipinski definition) is 1. The van der Waals surface area contributed by atoms with E-state index in [1.54, 1.807) is 0 Å². The minimum absolute atomic E-state index is 0.251. The number of ether oxygens (including phenoxy) is 2. The minimum atomic E-state index is -0.379. The van der Waals surface area contributed by atoms with E-state index < -0.39 is 0 Å². The van der Waals surface area contributed by atoms with Crippen LogP contribution in [0.5, 0.6) is 0 Å². The number of hydrogen-bond acceptors (Lipinski definition) is 4. The average Bonchev–Trinajstić information content (AvgIpc) is 2.90. The van der Waals surface area contributed by atoms with E-state index in [-0.39, 0.29) is 11.8 Å². The third kappa shape index (κ3) is 2.74. The van der Waals surface area contributed by atoms with E-state index >= 15 is 0 Å². The van der Waals surface area contributed by atoms with Gasteiger partial charge in [0.25, 0.3) is 0 Å². The molecule has 0 saturated carbocycles. The molecule has 1 spiro atoms. The van der Waals surface area contributed by atoms with Gasteiger partial charge in [0.05, 0.1) is 19.8 Å². The van der Waals surface area contributed by atoms with Crippen molar-refractivity contribution in [3.05, 3.63) is 35.4 Å². The molecule has 0 aromatic heterocycles. The van der Waals surface area contributed by atoms with Gasteiger partial charge in [-0.3, -0.25) is 4.90 Å². The van der Waals surface area contributed by atoms with Crippen molar-refractivity contribution in [2.45, 2.75) is 31.6 Å². The van der Waals surface area contributed by atoms with Gasteiger partial charge >= 0.3 is 0 Å². The molecule has 4 heteroatoms. The number of rotatable bonds is 3. The second-order valence-corrected chi connectivity index (χ2v) is 5.84. The van der Waals surface area contributed by atoms with Crippen molar-refractivity contribution in [2.75, 3.05) is 32.8 Å². The molecule has 1 atom stereocenters. The summed E-state index contributed by atoms with van der Waals surface area (Å²) in [6, 6.07) is 8.93. The van der Waals surface area contributed by atoms with E-state index in [1.165, 1.54) is 11.1 Å². The maximum Gasteiger partial charge on any atom is 0.181 e. The SMILES string of the molecule is Cc1ccc(C(CN)N2CCCC3(C2)OCCO3)cc1. The number of piperidine rings is 1. The van der Waals surface area contributed by atoms with Crippen molar-refractivity contribution in [1.29, 1.82) is 0 Å². The third-order valence-corrected chi connectivity index (χ3v) is 4.39. The first-order valence-electron chi connectivity index (χ1n) is 7.51. The molecule has 0 amide bonds. The molecule has 1 aromatic rings. The Balaban J connectivity index is 1.76. The van der Waals surface area contributed by atoms with Crippen molar-refractivity contribution in [3.8, 4) is 0 Å². The highest BCUT2D eigenvalue weighted by atomic mass is 16.7. The van der Waals surface area contributed by atoms with E-state index in [0.717, 1.165) is 25.9 Å². The molecule has 2 aliphatic rings. The zero-order valence-corrected chi connectivity index (χ0v) is 12.2. The van der Waals surface area contributed by atoms with Crippen LogP contribution in [0.3, 0.4) is 0 Å². The molecule has 2 heterocycles. The summed E-state index contributed by atoms with van der Waals surface area (Å²) in [5.41, 5.74) is 8.60. The summed E-state index contributed by atoms with van der Waals surface area (Å²) in [7, 11) is 0. The van der Waals surface area contributed by atoms with E-state index in [9.17, 15) is 0 Å². The van der Waals surface area contributed by atoms with Gasteiger partial charge in [0, 0.05) is 19.0 Å². The van der Waals surface area contributed by atoms with Gasteiger partial charge in [-0.25, -0.2) is 0 Å². The number of likely N-dealkylation sites (tertiary alicyclic amines) is 1. The number of nitrogens with two attached hydrogens (primary N) is 1. The normalized spacial score (nSPS) is 24.1. The Kier molecular flexibility index (Phi) is 4.08. The van der Waals surface area contributed by atoms with Gasteiger partial charge in [-0.15, -0.1) is 0 Å². The van der Waals surface area contributed by atoms with Gasteiger partial charge in [-0.1, -0.05) is 29.8 Å². The lowest BCUT2D eigenvalue weighted by Crippen LogP contribution is -2.51. The zero-order valence-electron chi connectivity index (χ0n) is 12.2. The lowest BCUT2D eigenvalue weighted by Gasteiger charge is -2.42. The molecule has 0 radical (unpaired) electrons. The van der Waals surface area contributed by atoms with Gasteiger partial charge in [0.1, 0.15) is 0 Å². The van der Waals surface area contributed by atoms with Gasteiger partial charge in [0.2, 0.25) is 0 Å². The first kappa shape index (κ1) is 14.0. The topological polar surface area (TPSA) is 47.7 Å². The maximum atomic E-state index is 6.04. The van der Waals surface area contributed by atoms with Crippen LogP contribution in [0, 0.1) is 6.92 Å². The molecular weight excluding hydrogens is 252 g/mol. The Bertz CT molecular complexity index is 440. The van der Waals surface area contributed by atoms with Crippen LogP contribution in [-0.4, -0.2) is 43.5 Å². The van der Waals surface area contributed by atoms with E-state index in [2.05, 4.69) is 36.1 Å². The van der Waals surface area contributed by atoms with Crippen molar-refractivity contribution in [1.82, 2.24) is 4.90 Å². The van der Waals surface area contributed by atoms with Crippen LogP contribution < -0.4 is 5.73 Å². The summed E-state index contributed by atoms with van der Waals surface area (Å²) >= 11 is 0. The Hall–Kier alpha value is -0.940. The van der Waals surface area contributed by atoms with Crippen LogP contribution in [-0.2, 0) is 9.47 Å². The minimum Gasteiger partial charge on any atom is -0.346 e. The lowest BCUT2D eigenvalue weighted by atomic mass is 9.98. The maximum absolute atomic E-state index is 6.04. The molecule has 0 bridgehead atoms. The zero-order chi connectivity index (χ0) is 14.0. The van der Waals surface area contributed by atoms with Crippen LogP contribution in [0.25, 0.3) is 0 Å². The Morgan fingerprint density at radius 1 is 1.25 bits per heavy atom. The van der Waals surface area contributed by atoms with Crippen molar-refractivity contribution in [2.24, 2.45) is 5.73 Å². The molecule has 0 aliphatic carbocycles. The molecule has 4 nitrogen and oxygen atoms in total.